The summed E-state index contributed by atoms with van der Waals surface area (Å²) in [7, 11) is 0. The van der Waals surface area contributed by atoms with Gasteiger partial charge in [-0.2, -0.15) is 0 Å². The molecule has 4 rings (SSSR count). The van der Waals surface area contributed by atoms with E-state index in [9.17, 15) is 0 Å². The Labute approximate surface area is 123 Å². The average Bonchev–Trinajstić information content (AvgIpc) is 2.80. The molecule has 1 aliphatic heterocycles. The van der Waals surface area contributed by atoms with Crippen LogP contribution in [0.4, 0.5) is 0 Å². The minimum Gasteiger partial charge on any atom is -0.356 e. The van der Waals surface area contributed by atoms with Crippen molar-refractivity contribution < 1.29 is 4.98 Å². The molecule has 0 radical (unpaired) electrons. The van der Waals surface area contributed by atoms with Gasteiger partial charge >= 0.3 is 0 Å². The first-order chi connectivity index (χ1) is 10.2. The highest BCUT2D eigenvalue weighted by Crippen LogP contribution is 2.42. The van der Waals surface area contributed by atoms with Gasteiger partial charge in [-0.1, -0.05) is 30.3 Å². The third-order valence-corrected chi connectivity index (χ3v) is 4.02. The molecule has 0 bridgehead atoms. The van der Waals surface area contributed by atoms with Gasteiger partial charge in [0.05, 0.1) is 5.39 Å². The van der Waals surface area contributed by atoms with Crippen LogP contribution >= 0.6 is 0 Å². The van der Waals surface area contributed by atoms with E-state index in [2.05, 4.69) is 78.7 Å². The van der Waals surface area contributed by atoms with Crippen LogP contribution in [-0.2, 0) is 0 Å². The zero-order chi connectivity index (χ0) is 14.4. The highest BCUT2D eigenvalue weighted by molar-refractivity contribution is 6.10. The summed E-state index contributed by atoms with van der Waals surface area (Å²) >= 11 is 0. The summed E-state index contributed by atoms with van der Waals surface area (Å²) in [6.07, 6.45) is 4.12. The first-order valence-electron chi connectivity index (χ1n) is 7.22. The van der Waals surface area contributed by atoms with Crippen molar-refractivity contribution in [3.8, 4) is 22.4 Å². The number of hydrogen-bond acceptors (Lipinski definition) is 0. The molecule has 2 heterocycles. The quantitative estimate of drug-likeness (QED) is 0.534. The first-order valence-corrected chi connectivity index (χ1v) is 7.22. The number of aromatic amines is 2. The largest absolute Gasteiger partial charge is 0.356 e. The van der Waals surface area contributed by atoms with Crippen molar-refractivity contribution in [3.05, 3.63) is 66.0 Å². The van der Waals surface area contributed by atoms with Gasteiger partial charge in [-0.3, -0.25) is 0 Å². The van der Waals surface area contributed by atoms with Gasteiger partial charge in [-0.05, 0) is 37.1 Å². The maximum Gasteiger partial charge on any atom is 0.235 e. The van der Waals surface area contributed by atoms with Crippen LogP contribution < -0.4 is 4.98 Å². The number of rotatable bonds is 1. The zero-order valence-corrected chi connectivity index (χ0v) is 12.2. The fraction of sp³-hybridized carbons (Fsp3) is 0.105. The van der Waals surface area contributed by atoms with Gasteiger partial charge < -0.3 is 4.98 Å². The predicted molar refractivity (Wildman–Crippen MR) is 86.4 cm³/mol. The number of pyridine rings is 2. The second kappa shape index (κ2) is 4.45. The standard InChI is InChI=1S/C19H16N2/c1-12-8-15-17(14-6-4-3-5-7-14)16-9-13(2)11-21-19(16)18(15)20-10-12/h3-11,20H,1-2H3/p+1. The molecule has 102 valence electrons. The lowest BCUT2D eigenvalue weighted by atomic mass is 10.0. The monoisotopic (exact) mass is 273 g/mol. The summed E-state index contributed by atoms with van der Waals surface area (Å²) < 4.78 is 0. The Bertz CT molecular complexity index is 904. The van der Waals surface area contributed by atoms with E-state index in [4.69, 9.17) is 0 Å². The number of aromatic nitrogens is 2. The van der Waals surface area contributed by atoms with Crippen LogP contribution in [0.1, 0.15) is 11.1 Å². The van der Waals surface area contributed by atoms with Gasteiger partial charge in [0.25, 0.3) is 0 Å². The minimum absolute atomic E-state index is 1.18. The van der Waals surface area contributed by atoms with Gasteiger partial charge in [-0.25, -0.2) is 4.98 Å². The number of aryl methyl sites for hydroxylation is 2. The molecule has 0 unspecified atom stereocenters. The molecule has 1 aliphatic carbocycles. The summed E-state index contributed by atoms with van der Waals surface area (Å²) in [5.74, 6) is 0. The maximum absolute atomic E-state index is 3.44. The lowest BCUT2D eigenvalue weighted by Crippen LogP contribution is -2.03. The van der Waals surface area contributed by atoms with Crippen molar-refractivity contribution in [1.29, 1.82) is 0 Å². The van der Waals surface area contributed by atoms with E-state index < -0.39 is 0 Å². The number of benzene rings is 1. The normalized spacial score (nSPS) is 11.3. The molecule has 2 aliphatic rings. The molecule has 1 aromatic heterocycles. The van der Waals surface area contributed by atoms with Crippen LogP contribution in [0.2, 0.25) is 0 Å². The number of fused-ring (bicyclic) bond motifs is 3. The van der Waals surface area contributed by atoms with E-state index in [1.54, 1.807) is 0 Å². The van der Waals surface area contributed by atoms with Gasteiger partial charge in [0.15, 0.2) is 6.20 Å². The molecular formula is C19H17N2+. The van der Waals surface area contributed by atoms with Crippen molar-refractivity contribution >= 4 is 10.9 Å². The molecule has 0 atom stereocenters. The highest BCUT2D eigenvalue weighted by Gasteiger charge is 2.24. The predicted octanol–water partition coefficient (Wildman–Crippen LogP) is 4.37. The fourth-order valence-corrected chi connectivity index (χ4v) is 3.08. The van der Waals surface area contributed by atoms with Crippen LogP contribution in [0.5, 0.6) is 0 Å². The Morgan fingerprint density at radius 3 is 2.57 bits per heavy atom. The second-order valence-electron chi connectivity index (χ2n) is 5.67. The van der Waals surface area contributed by atoms with E-state index in [-0.39, 0.29) is 0 Å². The molecule has 1 aromatic carbocycles. The maximum atomic E-state index is 3.44. The zero-order valence-electron chi connectivity index (χ0n) is 12.2. The Morgan fingerprint density at radius 1 is 0.952 bits per heavy atom. The summed E-state index contributed by atoms with van der Waals surface area (Å²) in [5, 5.41) is 1.28. The van der Waals surface area contributed by atoms with Crippen molar-refractivity contribution in [3.63, 3.8) is 0 Å². The van der Waals surface area contributed by atoms with Crippen LogP contribution in [-0.4, -0.2) is 4.98 Å². The van der Waals surface area contributed by atoms with E-state index >= 15 is 0 Å². The molecule has 21 heavy (non-hydrogen) atoms. The van der Waals surface area contributed by atoms with Gasteiger partial charge in [0, 0.05) is 22.9 Å². The Kier molecular flexibility index (Phi) is 2.58. The smallest absolute Gasteiger partial charge is 0.235 e. The Morgan fingerprint density at radius 2 is 1.76 bits per heavy atom. The van der Waals surface area contributed by atoms with E-state index in [0.717, 1.165) is 0 Å². The van der Waals surface area contributed by atoms with Crippen LogP contribution in [0.15, 0.2) is 54.9 Å². The topological polar surface area (TPSA) is 29.9 Å². The number of nitrogens with one attached hydrogen (secondary N) is 2. The van der Waals surface area contributed by atoms with Crippen LogP contribution in [0, 0.1) is 13.8 Å². The van der Waals surface area contributed by atoms with Gasteiger partial charge in [-0.15, -0.1) is 0 Å². The summed E-state index contributed by atoms with van der Waals surface area (Å²) in [6.45, 7) is 4.24. The highest BCUT2D eigenvalue weighted by atomic mass is 14.8. The molecule has 2 N–H and O–H groups in total. The fourth-order valence-electron chi connectivity index (χ4n) is 3.08. The summed E-state index contributed by atoms with van der Waals surface area (Å²) in [4.78, 5) is 6.88. The lowest BCUT2D eigenvalue weighted by Gasteiger charge is -2.05. The number of hydrogen-bond donors (Lipinski definition) is 1. The SMILES string of the molecule is Cc1c[nH]c2c3[nH+]cc(C)cc3c(-c3ccccc3)c-2c1. The third-order valence-electron chi connectivity index (χ3n) is 4.02. The van der Waals surface area contributed by atoms with Crippen LogP contribution in [0.25, 0.3) is 33.3 Å². The summed E-state index contributed by atoms with van der Waals surface area (Å²) in [5.41, 5.74) is 8.68. The van der Waals surface area contributed by atoms with Crippen molar-refractivity contribution in [2.24, 2.45) is 0 Å². The van der Waals surface area contributed by atoms with Crippen molar-refractivity contribution in [2.75, 3.05) is 0 Å². The molecule has 0 spiro atoms. The first kappa shape index (κ1) is 12.2. The van der Waals surface area contributed by atoms with Crippen molar-refractivity contribution in [1.82, 2.24) is 4.98 Å². The molecule has 0 amide bonds. The third kappa shape index (κ3) is 1.83. The van der Waals surface area contributed by atoms with E-state index in [1.165, 1.54) is 44.4 Å². The number of H-pyrrole nitrogens is 2. The molecule has 2 aromatic rings. The molecule has 2 nitrogen and oxygen atoms in total. The lowest BCUT2D eigenvalue weighted by molar-refractivity contribution is -0.344. The minimum atomic E-state index is 1.18. The summed E-state index contributed by atoms with van der Waals surface area (Å²) in [6, 6.07) is 15.1. The Balaban J connectivity index is 2.20. The average molecular weight is 273 g/mol. The second-order valence-corrected chi connectivity index (χ2v) is 5.67. The van der Waals surface area contributed by atoms with Gasteiger partial charge in [0.1, 0.15) is 5.69 Å². The molecule has 0 fully saturated rings. The molecule has 0 saturated carbocycles. The van der Waals surface area contributed by atoms with E-state index in [0.29, 0.717) is 0 Å². The van der Waals surface area contributed by atoms with Crippen molar-refractivity contribution in [2.45, 2.75) is 13.8 Å². The van der Waals surface area contributed by atoms with Gasteiger partial charge in [0.2, 0.25) is 5.52 Å². The Hall–Kier alpha value is -2.61. The molecule has 0 saturated heterocycles. The van der Waals surface area contributed by atoms with E-state index in [1.807, 2.05) is 0 Å². The van der Waals surface area contributed by atoms with Crippen LogP contribution in [0.3, 0.4) is 0 Å². The molecular weight excluding hydrogens is 256 g/mol. The molecule has 2 heteroatoms.